The van der Waals surface area contributed by atoms with E-state index in [1.807, 2.05) is 53.4 Å². The van der Waals surface area contributed by atoms with Crippen LogP contribution >= 0.6 is 0 Å². The number of anilines is 1. The average molecular weight is 340 g/mol. The van der Waals surface area contributed by atoms with Crippen molar-refractivity contribution in [1.29, 1.82) is 0 Å². The lowest BCUT2D eigenvalue weighted by Crippen LogP contribution is -2.40. The highest BCUT2D eigenvalue weighted by atomic mass is 16.5. The zero-order valence-electron chi connectivity index (χ0n) is 14.7. The fraction of sp³-hybridized carbons (Fsp3) is 0.350. The molecule has 0 saturated carbocycles. The standard InChI is InChI=1S/C20H24N2O3/c1-24-14-18-4-3-13-22(18)20(23)21-17-9-5-15(6-10-17)16-7-11-19(25-2)12-8-16/h5-12,18H,3-4,13-14H2,1-2H3,(H,21,23)/t18-/m1/s1. The van der Waals surface area contributed by atoms with Gasteiger partial charge in [0.05, 0.1) is 19.8 Å². The zero-order valence-corrected chi connectivity index (χ0v) is 14.7. The lowest BCUT2D eigenvalue weighted by atomic mass is 10.1. The first-order valence-corrected chi connectivity index (χ1v) is 8.52. The molecule has 0 radical (unpaired) electrons. The van der Waals surface area contributed by atoms with Gasteiger partial charge in [-0.3, -0.25) is 0 Å². The molecule has 1 aliphatic heterocycles. The summed E-state index contributed by atoms with van der Waals surface area (Å²) in [7, 11) is 3.33. The van der Waals surface area contributed by atoms with Crippen molar-refractivity contribution in [2.45, 2.75) is 18.9 Å². The number of methoxy groups -OCH3 is 2. The molecule has 0 aromatic heterocycles. The van der Waals surface area contributed by atoms with Crippen molar-refractivity contribution in [3.8, 4) is 16.9 Å². The molecular weight excluding hydrogens is 316 g/mol. The van der Waals surface area contributed by atoms with Crippen molar-refractivity contribution in [2.24, 2.45) is 0 Å². The molecule has 2 aromatic rings. The van der Waals surface area contributed by atoms with Crippen LogP contribution < -0.4 is 10.1 Å². The Bertz CT molecular complexity index is 698. The van der Waals surface area contributed by atoms with Crippen molar-refractivity contribution < 1.29 is 14.3 Å². The smallest absolute Gasteiger partial charge is 0.322 e. The first-order valence-electron chi connectivity index (χ1n) is 8.52. The predicted octanol–water partition coefficient (Wildman–Crippen LogP) is 4.00. The highest BCUT2D eigenvalue weighted by molar-refractivity contribution is 5.90. The normalized spacial score (nSPS) is 16.7. The van der Waals surface area contributed by atoms with Gasteiger partial charge in [-0.2, -0.15) is 0 Å². The van der Waals surface area contributed by atoms with E-state index in [2.05, 4.69) is 5.32 Å². The van der Waals surface area contributed by atoms with Gasteiger partial charge in [-0.25, -0.2) is 4.79 Å². The lowest BCUT2D eigenvalue weighted by Gasteiger charge is -2.24. The molecule has 5 nitrogen and oxygen atoms in total. The molecule has 1 heterocycles. The van der Waals surface area contributed by atoms with E-state index in [1.54, 1.807) is 14.2 Å². The van der Waals surface area contributed by atoms with Crippen LogP contribution in [0.3, 0.4) is 0 Å². The van der Waals surface area contributed by atoms with Gasteiger partial charge in [0.15, 0.2) is 0 Å². The van der Waals surface area contributed by atoms with Gasteiger partial charge >= 0.3 is 6.03 Å². The van der Waals surface area contributed by atoms with Crippen molar-refractivity contribution in [3.63, 3.8) is 0 Å². The van der Waals surface area contributed by atoms with Crippen LogP contribution in [0.5, 0.6) is 5.75 Å². The first-order chi connectivity index (χ1) is 12.2. The van der Waals surface area contributed by atoms with Crippen LogP contribution in [0.25, 0.3) is 11.1 Å². The maximum Gasteiger partial charge on any atom is 0.322 e. The summed E-state index contributed by atoms with van der Waals surface area (Å²) in [6.45, 7) is 1.37. The highest BCUT2D eigenvalue weighted by Crippen LogP contribution is 2.24. The number of urea groups is 1. The number of benzene rings is 2. The van der Waals surface area contributed by atoms with Crippen LogP contribution in [0.15, 0.2) is 48.5 Å². The lowest BCUT2D eigenvalue weighted by molar-refractivity contribution is 0.128. The minimum Gasteiger partial charge on any atom is -0.497 e. The summed E-state index contributed by atoms with van der Waals surface area (Å²) in [6, 6.07) is 15.9. The quantitative estimate of drug-likeness (QED) is 0.895. The molecule has 2 aromatic carbocycles. The van der Waals surface area contributed by atoms with Crippen molar-refractivity contribution in [3.05, 3.63) is 48.5 Å². The van der Waals surface area contributed by atoms with E-state index in [0.717, 1.165) is 42.0 Å². The molecule has 0 aliphatic carbocycles. The molecule has 5 heteroatoms. The number of nitrogens with one attached hydrogen (secondary N) is 1. The van der Waals surface area contributed by atoms with E-state index in [0.29, 0.717) is 6.61 Å². The number of carbonyl (C=O) groups is 1. The van der Waals surface area contributed by atoms with Gasteiger partial charge in [0, 0.05) is 19.3 Å². The van der Waals surface area contributed by atoms with Gasteiger partial charge in [-0.05, 0) is 48.2 Å². The summed E-state index contributed by atoms with van der Waals surface area (Å²) < 4.78 is 10.4. The fourth-order valence-corrected chi connectivity index (χ4v) is 3.19. The topological polar surface area (TPSA) is 50.8 Å². The summed E-state index contributed by atoms with van der Waals surface area (Å²) in [5.74, 6) is 0.837. The van der Waals surface area contributed by atoms with Crippen LogP contribution in [0.2, 0.25) is 0 Å². The van der Waals surface area contributed by atoms with Gasteiger partial charge in [0.25, 0.3) is 0 Å². The summed E-state index contributed by atoms with van der Waals surface area (Å²) in [5.41, 5.74) is 3.00. The second-order valence-corrected chi connectivity index (χ2v) is 6.18. The van der Waals surface area contributed by atoms with Crippen LogP contribution in [-0.2, 0) is 4.74 Å². The molecule has 1 fully saturated rings. The molecule has 132 valence electrons. The van der Waals surface area contributed by atoms with E-state index in [9.17, 15) is 4.79 Å². The van der Waals surface area contributed by atoms with Gasteiger partial charge in [-0.1, -0.05) is 24.3 Å². The molecular formula is C20H24N2O3. The van der Waals surface area contributed by atoms with Gasteiger partial charge < -0.3 is 19.7 Å². The zero-order chi connectivity index (χ0) is 17.6. The van der Waals surface area contributed by atoms with Crippen LogP contribution in [-0.4, -0.2) is 44.3 Å². The minimum atomic E-state index is -0.0586. The Hall–Kier alpha value is -2.53. The van der Waals surface area contributed by atoms with E-state index in [4.69, 9.17) is 9.47 Å². The molecule has 1 N–H and O–H groups in total. The number of ether oxygens (including phenoxy) is 2. The van der Waals surface area contributed by atoms with Crippen LogP contribution in [0.4, 0.5) is 10.5 Å². The van der Waals surface area contributed by atoms with Gasteiger partial charge in [0.1, 0.15) is 5.75 Å². The molecule has 25 heavy (non-hydrogen) atoms. The molecule has 1 saturated heterocycles. The number of hydrogen-bond acceptors (Lipinski definition) is 3. The predicted molar refractivity (Wildman–Crippen MR) is 99.1 cm³/mol. The van der Waals surface area contributed by atoms with E-state index < -0.39 is 0 Å². The Morgan fingerprint density at radius 3 is 2.32 bits per heavy atom. The van der Waals surface area contributed by atoms with Crippen molar-refractivity contribution >= 4 is 11.7 Å². The largest absolute Gasteiger partial charge is 0.497 e. The SMILES string of the molecule is COC[C@H]1CCCN1C(=O)Nc1ccc(-c2ccc(OC)cc2)cc1. The third kappa shape index (κ3) is 4.12. The minimum absolute atomic E-state index is 0.0586. The first kappa shape index (κ1) is 17.3. The second-order valence-electron chi connectivity index (χ2n) is 6.18. The monoisotopic (exact) mass is 340 g/mol. The maximum absolute atomic E-state index is 12.5. The summed E-state index contributed by atoms with van der Waals surface area (Å²) >= 11 is 0. The third-order valence-electron chi connectivity index (χ3n) is 4.56. The van der Waals surface area contributed by atoms with Crippen LogP contribution in [0, 0.1) is 0 Å². The van der Waals surface area contributed by atoms with E-state index in [-0.39, 0.29) is 12.1 Å². The summed E-state index contributed by atoms with van der Waals surface area (Å²) in [4.78, 5) is 14.3. The Balaban J connectivity index is 1.64. The third-order valence-corrected chi connectivity index (χ3v) is 4.56. The second kappa shape index (κ2) is 8.03. The van der Waals surface area contributed by atoms with Gasteiger partial charge in [-0.15, -0.1) is 0 Å². The summed E-state index contributed by atoms with van der Waals surface area (Å²) in [6.07, 6.45) is 2.02. The fourth-order valence-electron chi connectivity index (χ4n) is 3.19. The number of hydrogen-bond donors (Lipinski definition) is 1. The van der Waals surface area contributed by atoms with Crippen LogP contribution in [0.1, 0.15) is 12.8 Å². The maximum atomic E-state index is 12.5. The highest BCUT2D eigenvalue weighted by Gasteiger charge is 2.28. The number of nitrogens with zero attached hydrogens (tertiary/aromatic N) is 1. The Kier molecular flexibility index (Phi) is 5.56. The molecule has 0 bridgehead atoms. The Labute approximate surface area is 148 Å². The summed E-state index contributed by atoms with van der Waals surface area (Å²) in [5, 5.41) is 2.98. The van der Waals surface area contributed by atoms with Crippen molar-refractivity contribution in [2.75, 3.05) is 32.7 Å². The van der Waals surface area contributed by atoms with Crippen molar-refractivity contribution in [1.82, 2.24) is 4.90 Å². The number of likely N-dealkylation sites (tertiary alicyclic amines) is 1. The number of amides is 2. The Morgan fingerprint density at radius 1 is 1.08 bits per heavy atom. The van der Waals surface area contributed by atoms with Gasteiger partial charge in [0.2, 0.25) is 0 Å². The number of rotatable bonds is 5. The van der Waals surface area contributed by atoms with E-state index >= 15 is 0 Å². The molecule has 0 unspecified atom stereocenters. The molecule has 1 atom stereocenters. The molecule has 0 spiro atoms. The van der Waals surface area contributed by atoms with E-state index in [1.165, 1.54) is 0 Å². The number of carbonyl (C=O) groups excluding carboxylic acids is 1. The molecule has 3 rings (SSSR count). The molecule has 2 amide bonds. The Morgan fingerprint density at radius 2 is 1.72 bits per heavy atom. The average Bonchev–Trinajstić information content (AvgIpc) is 3.11. The molecule has 1 aliphatic rings.